The number of ketones is 2. The fraction of sp³-hybridized carbons (Fsp3) is 0.951. The Bertz CT molecular complexity index is 996. The second kappa shape index (κ2) is 15.5. The number of hydrogen-bond acceptors (Lipinski definition) is 2. The molecule has 0 radical (unpaired) electrons. The highest BCUT2D eigenvalue weighted by Gasteiger charge is 2.50. The van der Waals surface area contributed by atoms with Crippen molar-refractivity contribution in [3.05, 3.63) is 0 Å². The number of carbonyl (C=O) groups excluding carboxylic acids is 2. The third-order valence-electron chi connectivity index (χ3n) is 11.0. The van der Waals surface area contributed by atoms with Crippen LogP contribution in [-0.2, 0) is 9.59 Å². The van der Waals surface area contributed by atoms with Gasteiger partial charge < -0.3 is 0 Å². The van der Waals surface area contributed by atoms with Gasteiger partial charge in [-0.25, -0.2) is 0 Å². The van der Waals surface area contributed by atoms with Crippen LogP contribution in [0.4, 0.5) is 0 Å². The molecule has 4 aliphatic heterocycles. The number of rotatable bonds is 0. The Hall–Kier alpha value is 0.630. The van der Waals surface area contributed by atoms with Gasteiger partial charge in [0.15, 0.2) is 0 Å². The van der Waals surface area contributed by atoms with Crippen molar-refractivity contribution in [3.63, 3.8) is 0 Å². The summed E-state index contributed by atoms with van der Waals surface area (Å²) in [6, 6.07) is 0. The molecule has 0 aromatic carbocycles. The lowest BCUT2D eigenvalue weighted by atomic mass is 9.97. The molecule has 4 saturated heterocycles. The van der Waals surface area contributed by atoms with E-state index in [1.54, 1.807) is 25.7 Å². The zero-order valence-electron chi connectivity index (χ0n) is 34.0. The van der Waals surface area contributed by atoms with E-state index >= 15 is 0 Å². The predicted molar refractivity (Wildman–Crippen MR) is 214 cm³/mol. The summed E-state index contributed by atoms with van der Waals surface area (Å²) in [5, 5.41) is 2.35. The number of Topliss-reactive ketones (excluding diaryl/α,β-unsaturated/α-hetero) is 2. The van der Waals surface area contributed by atoms with Gasteiger partial charge in [0.25, 0.3) is 0 Å². The summed E-state index contributed by atoms with van der Waals surface area (Å²) < 4.78 is 0. The van der Waals surface area contributed by atoms with Crippen LogP contribution in [-0.4, -0.2) is 59.0 Å². The Morgan fingerprint density at radius 2 is 0.826 bits per heavy atom. The first kappa shape index (κ1) is 42.8. The maximum absolute atomic E-state index is 11.9. The van der Waals surface area contributed by atoms with Gasteiger partial charge in [-0.05, 0) is 92.4 Å². The molecule has 0 spiro atoms. The van der Waals surface area contributed by atoms with Crippen molar-refractivity contribution < 1.29 is 9.59 Å². The highest BCUT2D eigenvalue weighted by molar-refractivity contribution is 7.63. The molecule has 0 saturated carbocycles. The first-order valence-corrected chi connectivity index (χ1v) is 23.1. The van der Waals surface area contributed by atoms with E-state index in [1.807, 2.05) is 0 Å². The smallest absolute Gasteiger partial charge is 0.133 e. The Balaban J connectivity index is 0.000000242. The van der Waals surface area contributed by atoms with Crippen molar-refractivity contribution in [2.24, 2.45) is 0 Å². The number of hydrogen-bond donors (Lipinski definition) is 0. The minimum Gasteiger partial charge on any atom is -0.300 e. The molecule has 4 rings (SSSR count). The molecule has 2 nitrogen and oxygen atoms in total. The van der Waals surface area contributed by atoms with Crippen LogP contribution in [0.5, 0.6) is 0 Å². The molecular formula is C41H79O2P3. The summed E-state index contributed by atoms with van der Waals surface area (Å²) in [6.07, 6.45) is 15.8. The Morgan fingerprint density at radius 3 is 1.15 bits per heavy atom. The molecule has 2 atom stereocenters. The third kappa shape index (κ3) is 11.6. The quantitative estimate of drug-likeness (QED) is 0.236. The molecule has 4 heterocycles. The lowest BCUT2D eigenvalue weighted by molar-refractivity contribution is -0.120. The van der Waals surface area contributed by atoms with E-state index in [2.05, 4.69) is 118 Å². The highest BCUT2D eigenvalue weighted by atomic mass is 31.1. The SMILES string of the molecule is CC(C)(C)P1C(C)(C)CCC(=O)CC1(C)C.CC(C)(C)P1C(C)(C)CCCC(=O)CC1(C)C.CC(C)(C)P1C2CCCC1CCC2. The molecule has 5 heteroatoms. The van der Waals surface area contributed by atoms with Crippen molar-refractivity contribution in [1.29, 1.82) is 0 Å². The van der Waals surface area contributed by atoms with Gasteiger partial charge in [-0.2, -0.15) is 0 Å². The van der Waals surface area contributed by atoms with Crippen molar-refractivity contribution in [2.45, 2.75) is 249 Å². The topological polar surface area (TPSA) is 34.1 Å². The summed E-state index contributed by atoms with van der Waals surface area (Å²) in [4.78, 5) is 23.8. The molecule has 0 aromatic rings. The van der Waals surface area contributed by atoms with E-state index in [1.165, 1.54) is 19.3 Å². The molecule has 0 aromatic heterocycles. The summed E-state index contributed by atoms with van der Waals surface area (Å²) in [5.74, 6) is 0.939. The van der Waals surface area contributed by atoms with E-state index in [-0.39, 0.29) is 26.2 Å². The van der Waals surface area contributed by atoms with Gasteiger partial charge >= 0.3 is 0 Å². The van der Waals surface area contributed by atoms with Crippen LogP contribution >= 0.6 is 23.8 Å². The standard InChI is InChI=1S/C15H29OP.C14H27OP.C12H23P/c1-13(2,3)17-14(4,5)10-8-9-12(16)11-15(17,6)7;1-12(2,3)16-13(4,5)9-8-11(15)10-14(16,6)7;1-12(2,3)13-10-6-4-7-11(13)9-5-8-10/h8-11H2,1-7H3;8-10H2,1-7H3;10-11H,4-9H2,1-3H3. The summed E-state index contributed by atoms with van der Waals surface area (Å²) in [6.45, 7) is 40.3. The normalized spacial score (nSPS) is 32.8. The number of fused-ring (bicyclic) bond motifs is 2. The highest BCUT2D eigenvalue weighted by Crippen LogP contribution is 2.71. The second-order valence-corrected chi connectivity index (χ2v) is 33.3. The van der Waals surface area contributed by atoms with Gasteiger partial charge in [0.1, 0.15) is 11.6 Å². The molecule has 2 bridgehead atoms. The minimum atomic E-state index is -0.190. The van der Waals surface area contributed by atoms with Crippen LogP contribution in [0.15, 0.2) is 0 Å². The summed E-state index contributed by atoms with van der Waals surface area (Å²) in [5.41, 5.74) is 2.28. The van der Waals surface area contributed by atoms with Gasteiger partial charge in [-0.1, -0.05) is 154 Å². The van der Waals surface area contributed by atoms with Crippen molar-refractivity contribution in [2.75, 3.05) is 0 Å². The van der Waals surface area contributed by atoms with Crippen molar-refractivity contribution in [3.8, 4) is 0 Å². The van der Waals surface area contributed by atoms with Gasteiger partial charge in [-0.15, -0.1) is 0 Å². The Morgan fingerprint density at radius 1 is 0.478 bits per heavy atom. The van der Waals surface area contributed by atoms with Gasteiger partial charge in [0, 0.05) is 25.7 Å². The van der Waals surface area contributed by atoms with Crippen LogP contribution in [0.2, 0.25) is 0 Å². The minimum absolute atomic E-state index is 0.173. The molecule has 270 valence electrons. The largest absolute Gasteiger partial charge is 0.300 e. The van der Waals surface area contributed by atoms with Crippen LogP contribution in [0, 0.1) is 0 Å². The zero-order valence-corrected chi connectivity index (χ0v) is 36.7. The first-order chi connectivity index (χ1) is 20.5. The van der Waals surface area contributed by atoms with E-state index < -0.39 is 0 Å². The van der Waals surface area contributed by atoms with Crippen LogP contribution in [0.3, 0.4) is 0 Å². The molecule has 0 aliphatic carbocycles. The van der Waals surface area contributed by atoms with E-state index in [0.717, 1.165) is 49.8 Å². The van der Waals surface area contributed by atoms with E-state index in [0.29, 0.717) is 45.3 Å². The summed E-state index contributed by atoms with van der Waals surface area (Å²) in [7, 11) is -0.0145. The lowest BCUT2D eigenvalue weighted by Gasteiger charge is -2.53. The van der Waals surface area contributed by atoms with Gasteiger partial charge in [0.05, 0.1) is 0 Å². The zero-order chi connectivity index (χ0) is 35.7. The average molecular weight is 697 g/mol. The lowest BCUT2D eigenvalue weighted by Crippen LogP contribution is -2.41. The summed E-state index contributed by atoms with van der Waals surface area (Å²) >= 11 is 0. The molecule has 4 fully saturated rings. The van der Waals surface area contributed by atoms with Crippen LogP contribution in [0.25, 0.3) is 0 Å². The van der Waals surface area contributed by atoms with E-state index in [4.69, 9.17) is 0 Å². The molecular weight excluding hydrogens is 617 g/mol. The van der Waals surface area contributed by atoms with E-state index in [9.17, 15) is 9.59 Å². The van der Waals surface area contributed by atoms with Crippen molar-refractivity contribution >= 4 is 35.3 Å². The molecule has 2 unspecified atom stereocenters. The Kier molecular flexibility index (Phi) is 14.4. The van der Waals surface area contributed by atoms with Gasteiger partial charge in [0.2, 0.25) is 0 Å². The van der Waals surface area contributed by atoms with Gasteiger partial charge in [-0.3, -0.25) is 9.59 Å². The molecule has 0 amide bonds. The molecule has 4 aliphatic rings. The maximum atomic E-state index is 11.9. The maximum Gasteiger partial charge on any atom is 0.133 e. The molecule has 46 heavy (non-hydrogen) atoms. The van der Waals surface area contributed by atoms with Crippen LogP contribution in [0.1, 0.15) is 201 Å². The van der Waals surface area contributed by atoms with Crippen molar-refractivity contribution in [1.82, 2.24) is 0 Å². The first-order valence-electron chi connectivity index (χ1n) is 19.0. The third-order valence-corrected chi connectivity index (χ3v) is 23.4. The Labute approximate surface area is 292 Å². The number of carbonyl (C=O) groups is 2. The second-order valence-electron chi connectivity index (χ2n) is 20.8. The molecule has 0 N–H and O–H groups in total. The fourth-order valence-electron chi connectivity index (χ4n) is 11.4. The fourth-order valence-corrected chi connectivity index (χ4v) is 27.9. The average Bonchev–Trinajstić information content (AvgIpc) is 2.86. The predicted octanol–water partition coefficient (Wildman–Crippen LogP) is 13.9. The van der Waals surface area contributed by atoms with Crippen LogP contribution < -0.4 is 0 Å². The monoisotopic (exact) mass is 697 g/mol.